The molecule has 2 aromatic heterocycles. The monoisotopic (exact) mass is 665 g/mol. The molecule has 43 heavy (non-hydrogen) atoms. The Bertz CT molecular complexity index is 1350. The van der Waals surface area contributed by atoms with Crippen LogP contribution in [0.3, 0.4) is 0 Å². The predicted molar refractivity (Wildman–Crippen MR) is 163 cm³/mol. The Kier molecular flexibility index (Phi) is 12.0. The van der Waals surface area contributed by atoms with Crippen molar-refractivity contribution >= 4 is 58.7 Å². The number of nitrogens with one attached hydrogen (secondary N) is 1. The van der Waals surface area contributed by atoms with Crippen LogP contribution in [0.5, 0.6) is 0 Å². The molecule has 4 atom stereocenters. The molecule has 1 aliphatic heterocycles. The third-order valence-electron chi connectivity index (χ3n) is 6.06. The first-order chi connectivity index (χ1) is 20.0. The Labute approximate surface area is 257 Å². The first-order valence-electron chi connectivity index (χ1n) is 13.4. The highest BCUT2D eigenvalue weighted by atomic mass is 32.2. The van der Waals surface area contributed by atoms with Gasteiger partial charge in [0.15, 0.2) is 27.6 Å². The number of carbonyl (C=O) groups is 2. The quantitative estimate of drug-likeness (QED) is 0.208. The number of phosphoric acid groups is 1. The number of fused-ring (bicyclic) bond motifs is 1. The molecule has 0 aromatic carbocycles. The van der Waals surface area contributed by atoms with Crippen molar-refractivity contribution in [2.24, 2.45) is 10.8 Å². The van der Waals surface area contributed by atoms with Gasteiger partial charge >= 0.3 is 7.82 Å². The van der Waals surface area contributed by atoms with Crippen LogP contribution in [0.1, 0.15) is 47.8 Å². The average molecular weight is 666 g/mol. The molecule has 242 valence electrons. The molecule has 0 bridgehead atoms. The van der Waals surface area contributed by atoms with Gasteiger partial charge in [-0.3, -0.25) is 37.5 Å². The second-order valence-electron chi connectivity index (χ2n) is 11.7. The minimum absolute atomic E-state index is 0.0127. The zero-order valence-corrected chi connectivity index (χ0v) is 27.8. The zero-order chi connectivity index (χ0) is 32.2. The molecule has 1 saturated heterocycles. The molecule has 0 unspecified atom stereocenters. The Morgan fingerprint density at radius 3 is 2.16 bits per heavy atom. The highest BCUT2D eigenvalue weighted by Crippen LogP contribution is 2.50. The molecule has 0 radical (unpaired) electrons. The Hall–Kier alpha value is -1.82. The summed E-state index contributed by atoms with van der Waals surface area (Å²) in [6, 6.07) is 0. The lowest BCUT2D eigenvalue weighted by Gasteiger charge is -2.22. The molecule has 18 heteroatoms. The fraction of sp³-hybridized carbons (Fsp3) is 0.720. The topological polar surface area (TPSA) is 207 Å². The predicted octanol–water partition coefficient (Wildman–Crippen LogP) is 2.74. The Morgan fingerprint density at radius 2 is 1.65 bits per heavy atom. The maximum atomic E-state index is 13.6. The lowest BCUT2D eigenvalue weighted by atomic mass is 9.99. The number of aliphatic hydroxyl groups is 1. The van der Waals surface area contributed by atoms with Crippen LogP contribution in [0.15, 0.2) is 11.1 Å². The number of nitrogens with zero attached hydrogens (tertiary/aromatic N) is 3. The first-order valence-corrected chi connectivity index (χ1v) is 16.9. The number of anilines is 1. The van der Waals surface area contributed by atoms with Crippen LogP contribution in [-0.4, -0.2) is 91.6 Å². The number of nitrogens with two attached hydrogens (primary N) is 1. The molecule has 0 amide bonds. The molecular formula is C25H40N5O10PS2. The summed E-state index contributed by atoms with van der Waals surface area (Å²) in [5.74, 6) is 0.263. The van der Waals surface area contributed by atoms with Gasteiger partial charge in [0.05, 0.1) is 26.1 Å². The summed E-state index contributed by atoms with van der Waals surface area (Å²) in [4.78, 5) is 47.2. The van der Waals surface area contributed by atoms with Gasteiger partial charge in [-0.15, -0.1) is 0 Å². The maximum Gasteiger partial charge on any atom is 0.474 e. The molecule has 3 rings (SSSR count). The van der Waals surface area contributed by atoms with E-state index in [-0.39, 0.29) is 52.1 Å². The number of hydrogen-bond acceptors (Lipinski definition) is 15. The summed E-state index contributed by atoms with van der Waals surface area (Å²) in [6.45, 7) is 10.1. The Morgan fingerprint density at radius 1 is 1.09 bits per heavy atom. The van der Waals surface area contributed by atoms with E-state index < -0.39 is 55.4 Å². The minimum atomic E-state index is -4.23. The van der Waals surface area contributed by atoms with Crippen molar-refractivity contribution in [2.45, 2.75) is 66.1 Å². The van der Waals surface area contributed by atoms with Crippen LogP contribution >= 0.6 is 31.3 Å². The molecule has 4 N–H and O–H groups in total. The number of methoxy groups -OCH3 is 1. The van der Waals surface area contributed by atoms with E-state index in [0.29, 0.717) is 0 Å². The molecule has 1 aliphatic rings. The van der Waals surface area contributed by atoms with Crippen LogP contribution in [0, 0.1) is 10.8 Å². The molecule has 0 spiro atoms. The number of nitrogen functional groups attached to an aromatic ring is 1. The number of carbonyl (C=O) groups excluding carboxylic acids is 2. The highest BCUT2D eigenvalue weighted by Gasteiger charge is 2.47. The first kappa shape index (κ1) is 35.7. The van der Waals surface area contributed by atoms with Crippen molar-refractivity contribution in [1.82, 2.24) is 19.5 Å². The van der Waals surface area contributed by atoms with Gasteiger partial charge in [0.2, 0.25) is 5.95 Å². The number of aromatic nitrogens is 4. The molecule has 0 aliphatic carbocycles. The molecule has 0 saturated carbocycles. The Balaban J connectivity index is 1.70. The van der Waals surface area contributed by atoms with Gasteiger partial charge in [-0.25, -0.2) is 9.55 Å². The van der Waals surface area contributed by atoms with E-state index in [1.54, 1.807) is 41.5 Å². The third kappa shape index (κ3) is 9.34. The van der Waals surface area contributed by atoms with E-state index in [4.69, 9.17) is 28.8 Å². The summed E-state index contributed by atoms with van der Waals surface area (Å²) < 4.78 is 43.0. The number of phosphoric ester groups is 1. The van der Waals surface area contributed by atoms with Crippen LogP contribution in [-0.2, 0) is 37.2 Å². The van der Waals surface area contributed by atoms with Crippen molar-refractivity contribution in [3.8, 4) is 0 Å². The summed E-state index contributed by atoms with van der Waals surface area (Å²) in [7, 11) is -2.87. The smallest absolute Gasteiger partial charge is 0.387 e. The second-order valence-corrected chi connectivity index (χ2v) is 15.5. The van der Waals surface area contributed by atoms with E-state index in [0.717, 1.165) is 23.5 Å². The van der Waals surface area contributed by atoms with Crippen LogP contribution in [0.4, 0.5) is 5.95 Å². The second kappa shape index (κ2) is 14.5. The van der Waals surface area contributed by atoms with Gasteiger partial charge in [0, 0.05) is 29.4 Å². The largest absolute Gasteiger partial charge is 0.474 e. The zero-order valence-electron chi connectivity index (χ0n) is 25.2. The standard InChI is InChI=1S/C25H40N5O10PS2/c1-24(2,3)21(33)42-10-8-37-41(35,38-9-11-43-22(34)25(4,5)6)39-12-14-16(31)17(36-7)20(40-14)30-13-27-15-18(30)28-23(26)29-19(15)32/h13-14,16-17,20,31H,8-12H2,1-7H3,(H3,26,28,29,32)/t14-,16-,17-,20-/m1/s1. The number of rotatable bonds is 13. The normalized spacial score (nSPS) is 21.5. The van der Waals surface area contributed by atoms with E-state index >= 15 is 0 Å². The fourth-order valence-electron chi connectivity index (χ4n) is 3.74. The fourth-order valence-corrected chi connectivity index (χ4v) is 6.74. The molecule has 2 aromatic rings. The molecule has 1 fully saturated rings. The number of aliphatic hydroxyl groups excluding tert-OH is 1. The lowest BCUT2D eigenvalue weighted by molar-refractivity contribution is -0.118. The van der Waals surface area contributed by atoms with Crippen molar-refractivity contribution in [3.05, 3.63) is 16.7 Å². The summed E-state index contributed by atoms with van der Waals surface area (Å²) in [6.07, 6.45) is -2.97. The number of hydrogen-bond donors (Lipinski definition) is 3. The van der Waals surface area contributed by atoms with E-state index in [1.165, 1.54) is 18.0 Å². The highest BCUT2D eigenvalue weighted by molar-refractivity contribution is 8.14. The number of thioether (sulfide) groups is 2. The van der Waals surface area contributed by atoms with E-state index in [1.807, 2.05) is 0 Å². The summed E-state index contributed by atoms with van der Waals surface area (Å²) in [5.41, 5.74) is 4.16. The average Bonchev–Trinajstić information content (AvgIpc) is 3.47. The number of ether oxygens (including phenoxy) is 2. The van der Waals surface area contributed by atoms with Gasteiger partial charge in [0.25, 0.3) is 5.56 Å². The van der Waals surface area contributed by atoms with Crippen molar-refractivity contribution in [3.63, 3.8) is 0 Å². The maximum absolute atomic E-state index is 13.6. The summed E-state index contributed by atoms with van der Waals surface area (Å²) >= 11 is 2.07. The molecule has 15 nitrogen and oxygen atoms in total. The SMILES string of the molecule is CO[C@@H]1[C@H](O)[C@@H](COP(=O)(OCCSC(=O)C(C)(C)C)OCCSC(=O)C(C)(C)C)O[C@H]1n1cnc2c(=O)[nH]c(N)nc21. The molecule has 3 heterocycles. The number of imidazole rings is 1. The van der Waals surface area contributed by atoms with Gasteiger partial charge < -0.3 is 20.3 Å². The number of aromatic amines is 1. The van der Waals surface area contributed by atoms with Gasteiger partial charge in [-0.1, -0.05) is 65.1 Å². The number of H-pyrrole nitrogens is 1. The van der Waals surface area contributed by atoms with Crippen molar-refractivity contribution in [1.29, 1.82) is 0 Å². The van der Waals surface area contributed by atoms with Crippen molar-refractivity contribution < 1.29 is 42.3 Å². The van der Waals surface area contributed by atoms with Gasteiger partial charge in [-0.2, -0.15) is 4.98 Å². The third-order valence-corrected chi connectivity index (χ3v) is 10.0. The summed E-state index contributed by atoms with van der Waals surface area (Å²) in [5, 5.41) is 10.8. The van der Waals surface area contributed by atoms with E-state index in [9.17, 15) is 24.1 Å². The van der Waals surface area contributed by atoms with Crippen LogP contribution in [0.2, 0.25) is 0 Å². The van der Waals surface area contributed by atoms with Gasteiger partial charge in [0.1, 0.15) is 18.3 Å². The minimum Gasteiger partial charge on any atom is -0.387 e. The van der Waals surface area contributed by atoms with Gasteiger partial charge in [-0.05, 0) is 0 Å². The van der Waals surface area contributed by atoms with Crippen LogP contribution in [0.25, 0.3) is 11.2 Å². The molecular weight excluding hydrogens is 625 g/mol. The van der Waals surface area contributed by atoms with Crippen LogP contribution < -0.4 is 11.3 Å². The lowest BCUT2D eigenvalue weighted by Crippen LogP contribution is -2.35. The van der Waals surface area contributed by atoms with Crippen molar-refractivity contribution in [2.75, 3.05) is 44.2 Å². The van der Waals surface area contributed by atoms with E-state index in [2.05, 4.69) is 15.0 Å².